The van der Waals surface area contributed by atoms with E-state index in [1.54, 1.807) is 0 Å². The van der Waals surface area contributed by atoms with Crippen LogP contribution in [0.2, 0.25) is 4.34 Å². The monoisotopic (exact) mass is 315 g/mol. The van der Waals surface area contributed by atoms with Crippen molar-refractivity contribution in [2.24, 2.45) is 5.73 Å². The molecule has 4 nitrogen and oxygen atoms in total. The fraction of sp³-hybridized carbons (Fsp3) is 0.333. The lowest BCUT2D eigenvalue weighted by Gasteiger charge is -2.09. The van der Waals surface area contributed by atoms with Crippen molar-refractivity contribution in [1.29, 1.82) is 0 Å². The van der Waals surface area contributed by atoms with E-state index >= 15 is 0 Å². The zero-order valence-electron chi connectivity index (χ0n) is 10.4. The molecule has 1 atom stereocenters. The number of hydrogen-bond acceptors (Lipinski definition) is 5. The van der Waals surface area contributed by atoms with Gasteiger partial charge >= 0.3 is 0 Å². The molecule has 2 aromatic rings. The molecule has 2 rings (SSSR count). The fourth-order valence-corrected chi connectivity index (χ4v) is 3.41. The molecule has 0 aliphatic carbocycles. The maximum atomic E-state index is 11.7. The standard InChI is InChI=1S/C12H14ClN3OS2/c1-7(5-14)15-11(17)4-8-6-18-12(16-8)9-2-3-10(13)19-9/h2-3,6-7H,4-5,14H2,1H3,(H,15,17)/t7-/m0/s1. The summed E-state index contributed by atoms with van der Waals surface area (Å²) in [4.78, 5) is 17.2. The first-order chi connectivity index (χ1) is 9.08. The Bertz CT molecular complexity index is 567. The second-order valence-electron chi connectivity index (χ2n) is 4.13. The fourth-order valence-electron chi connectivity index (χ4n) is 1.48. The van der Waals surface area contributed by atoms with Gasteiger partial charge in [0.25, 0.3) is 0 Å². The Labute approximate surface area is 124 Å². The topological polar surface area (TPSA) is 68.0 Å². The number of rotatable bonds is 5. The van der Waals surface area contributed by atoms with Gasteiger partial charge in [-0.3, -0.25) is 4.79 Å². The summed E-state index contributed by atoms with van der Waals surface area (Å²) < 4.78 is 0.737. The van der Waals surface area contributed by atoms with Gasteiger partial charge in [-0.05, 0) is 19.1 Å². The zero-order valence-corrected chi connectivity index (χ0v) is 12.7. The Kier molecular flexibility index (Phi) is 4.93. The Morgan fingerprint density at radius 3 is 3.00 bits per heavy atom. The second-order valence-corrected chi connectivity index (χ2v) is 6.70. The highest BCUT2D eigenvalue weighted by Crippen LogP contribution is 2.32. The highest BCUT2D eigenvalue weighted by molar-refractivity contribution is 7.23. The van der Waals surface area contributed by atoms with Gasteiger partial charge < -0.3 is 11.1 Å². The van der Waals surface area contributed by atoms with E-state index in [0.29, 0.717) is 6.54 Å². The SMILES string of the molecule is C[C@@H](CN)NC(=O)Cc1csc(-c2ccc(Cl)s2)n1. The van der Waals surface area contributed by atoms with E-state index in [4.69, 9.17) is 17.3 Å². The molecular formula is C12H14ClN3OS2. The summed E-state index contributed by atoms with van der Waals surface area (Å²) >= 11 is 8.90. The summed E-state index contributed by atoms with van der Waals surface area (Å²) in [5.74, 6) is -0.0565. The molecule has 7 heteroatoms. The third-order valence-electron chi connectivity index (χ3n) is 2.44. The van der Waals surface area contributed by atoms with Gasteiger partial charge in [0, 0.05) is 18.0 Å². The molecule has 0 saturated carbocycles. The number of nitrogens with two attached hydrogens (primary N) is 1. The molecule has 0 bridgehead atoms. The molecule has 1 amide bonds. The number of aromatic nitrogens is 1. The average molecular weight is 316 g/mol. The van der Waals surface area contributed by atoms with Crippen LogP contribution < -0.4 is 11.1 Å². The minimum absolute atomic E-state index is 0.0123. The third kappa shape index (κ3) is 4.01. The lowest BCUT2D eigenvalue weighted by atomic mass is 10.3. The number of carbonyl (C=O) groups excluding carboxylic acids is 1. The van der Waals surface area contributed by atoms with Gasteiger partial charge in [-0.15, -0.1) is 22.7 Å². The molecule has 0 radical (unpaired) electrons. The molecule has 0 spiro atoms. The quantitative estimate of drug-likeness (QED) is 0.891. The van der Waals surface area contributed by atoms with E-state index in [1.165, 1.54) is 22.7 Å². The van der Waals surface area contributed by atoms with E-state index in [2.05, 4.69) is 10.3 Å². The molecule has 2 aromatic heterocycles. The molecule has 0 saturated heterocycles. The van der Waals surface area contributed by atoms with Crippen molar-refractivity contribution in [2.75, 3.05) is 6.54 Å². The molecule has 0 unspecified atom stereocenters. The molecule has 102 valence electrons. The van der Waals surface area contributed by atoms with Crippen LogP contribution in [0.15, 0.2) is 17.5 Å². The molecule has 0 aromatic carbocycles. The normalized spacial score (nSPS) is 12.4. The maximum Gasteiger partial charge on any atom is 0.226 e. The Balaban J connectivity index is 2.00. The van der Waals surface area contributed by atoms with Crippen molar-refractivity contribution >= 4 is 40.2 Å². The molecule has 0 aliphatic rings. The minimum atomic E-state index is -0.0565. The summed E-state index contributed by atoms with van der Waals surface area (Å²) in [5, 5.41) is 5.61. The number of nitrogens with one attached hydrogen (secondary N) is 1. The summed E-state index contributed by atoms with van der Waals surface area (Å²) in [5.41, 5.74) is 6.23. The highest BCUT2D eigenvalue weighted by atomic mass is 35.5. The highest BCUT2D eigenvalue weighted by Gasteiger charge is 2.11. The van der Waals surface area contributed by atoms with Crippen molar-refractivity contribution in [2.45, 2.75) is 19.4 Å². The smallest absolute Gasteiger partial charge is 0.226 e. The van der Waals surface area contributed by atoms with Crippen molar-refractivity contribution in [3.05, 3.63) is 27.5 Å². The van der Waals surface area contributed by atoms with Crippen LogP contribution in [0.5, 0.6) is 0 Å². The van der Waals surface area contributed by atoms with Crippen molar-refractivity contribution < 1.29 is 4.79 Å². The molecule has 3 N–H and O–H groups in total. The Morgan fingerprint density at radius 2 is 2.37 bits per heavy atom. The number of thiophene rings is 1. The molecule has 0 aliphatic heterocycles. The number of halogens is 1. The van der Waals surface area contributed by atoms with Crippen molar-refractivity contribution in [3.63, 3.8) is 0 Å². The van der Waals surface area contributed by atoms with Gasteiger partial charge in [0.15, 0.2) is 0 Å². The van der Waals surface area contributed by atoms with Crippen LogP contribution in [-0.2, 0) is 11.2 Å². The molecule has 0 fully saturated rings. The van der Waals surface area contributed by atoms with Crippen LogP contribution in [0.1, 0.15) is 12.6 Å². The van der Waals surface area contributed by atoms with Gasteiger partial charge in [0.05, 0.1) is 21.3 Å². The van der Waals surface area contributed by atoms with Crippen LogP contribution in [0, 0.1) is 0 Å². The predicted molar refractivity (Wildman–Crippen MR) is 80.8 cm³/mol. The molecule has 19 heavy (non-hydrogen) atoms. The lowest BCUT2D eigenvalue weighted by Crippen LogP contribution is -2.38. The van der Waals surface area contributed by atoms with E-state index < -0.39 is 0 Å². The number of nitrogens with zero attached hydrogens (tertiary/aromatic N) is 1. The Hall–Kier alpha value is -0.950. The third-order valence-corrected chi connectivity index (χ3v) is 4.73. The largest absolute Gasteiger partial charge is 0.352 e. The van der Waals surface area contributed by atoms with Crippen LogP contribution in [0.25, 0.3) is 9.88 Å². The first-order valence-electron chi connectivity index (χ1n) is 5.78. The van der Waals surface area contributed by atoms with Crippen LogP contribution in [-0.4, -0.2) is 23.5 Å². The summed E-state index contributed by atoms with van der Waals surface area (Å²) in [6.07, 6.45) is 0.278. The van der Waals surface area contributed by atoms with E-state index in [0.717, 1.165) is 19.9 Å². The number of hydrogen-bond donors (Lipinski definition) is 2. The first-order valence-corrected chi connectivity index (χ1v) is 7.85. The van der Waals surface area contributed by atoms with Gasteiger partial charge in [0.2, 0.25) is 5.91 Å². The number of thiazole rings is 1. The number of carbonyl (C=O) groups is 1. The van der Waals surface area contributed by atoms with E-state index in [1.807, 2.05) is 24.4 Å². The van der Waals surface area contributed by atoms with Crippen molar-refractivity contribution in [1.82, 2.24) is 10.3 Å². The maximum absolute atomic E-state index is 11.7. The predicted octanol–water partition coefficient (Wildman–Crippen LogP) is 2.53. The number of amides is 1. The molecule has 2 heterocycles. The summed E-state index contributed by atoms with van der Waals surface area (Å²) in [6.45, 7) is 2.31. The van der Waals surface area contributed by atoms with E-state index in [9.17, 15) is 4.79 Å². The lowest BCUT2D eigenvalue weighted by molar-refractivity contribution is -0.121. The van der Waals surface area contributed by atoms with Crippen LogP contribution in [0.3, 0.4) is 0 Å². The summed E-state index contributed by atoms with van der Waals surface area (Å²) in [7, 11) is 0. The zero-order chi connectivity index (χ0) is 13.8. The molecular weight excluding hydrogens is 302 g/mol. The van der Waals surface area contributed by atoms with Gasteiger partial charge in [-0.1, -0.05) is 11.6 Å². The van der Waals surface area contributed by atoms with Crippen LogP contribution >= 0.6 is 34.3 Å². The van der Waals surface area contributed by atoms with Crippen molar-refractivity contribution in [3.8, 4) is 9.88 Å². The van der Waals surface area contributed by atoms with Gasteiger partial charge in [-0.25, -0.2) is 4.98 Å². The second kappa shape index (κ2) is 6.47. The Morgan fingerprint density at radius 1 is 1.58 bits per heavy atom. The summed E-state index contributed by atoms with van der Waals surface area (Å²) in [6, 6.07) is 3.77. The van der Waals surface area contributed by atoms with Gasteiger partial charge in [-0.2, -0.15) is 0 Å². The first kappa shape index (κ1) is 14.5. The van der Waals surface area contributed by atoms with Gasteiger partial charge in [0.1, 0.15) is 5.01 Å². The van der Waals surface area contributed by atoms with Crippen LogP contribution in [0.4, 0.5) is 0 Å². The average Bonchev–Trinajstić information content (AvgIpc) is 2.97. The van der Waals surface area contributed by atoms with E-state index in [-0.39, 0.29) is 18.4 Å². The minimum Gasteiger partial charge on any atom is -0.352 e.